The van der Waals surface area contributed by atoms with Crippen LogP contribution in [0.5, 0.6) is 0 Å². The summed E-state index contributed by atoms with van der Waals surface area (Å²) in [6.45, 7) is 0. The molecule has 0 unspecified atom stereocenters. The van der Waals surface area contributed by atoms with Crippen LogP contribution < -0.4 is 0 Å². The normalized spacial score (nSPS) is 11.5. The van der Waals surface area contributed by atoms with Gasteiger partial charge in [0, 0.05) is 49.0 Å². The number of pyridine rings is 2. The number of rotatable bonds is 6. The number of nitriles is 1. The van der Waals surface area contributed by atoms with Gasteiger partial charge in [-0.3, -0.25) is 0 Å². The number of nitrogens with zero attached hydrogens (tertiary/aromatic N) is 7. The second-order valence-electron chi connectivity index (χ2n) is 18.6. The monoisotopic (exact) mass is 1120 g/mol. The highest BCUT2D eigenvalue weighted by Crippen LogP contribution is 2.41. The molecule has 14 rings (SSSR count). The first-order valence-corrected chi connectivity index (χ1v) is 25.9. The Morgan fingerprint density at radius 3 is 1.10 bits per heavy atom. The van der Waals surface area contributed by atoms with E-state index in [0.717, 1.165) is 117 Å². The Morgan fingerprint density at radius 2 is 0.667 bits per heavy atom. The third kappa shape index (κ3) is 8.44. The maximum atomic E-state index is 14.6. The number of aromatic nitrogens is 6. The lowest BCUT2D eigenvalue weighted by atomic mass is 9.94. The summed E-state index contributed by atoms with van der Waals surface area (Å²) >= 11 is 2.29. The maximum absolute atomic E-state index is 14.6. The zero-order valence-corrected chi connectivity index (χ0v) is 42.6. The summed E-state index contributed by atoms with van der Waals surface area (Å²) in [4.78, 5) is 10.0. The van der Waals surface area contributed by atoms with Crippen LogP contribution in [0.25, 0.3) is 132 Å². The molecule has 0 spiro atoms. The van der Waals surface area contributed by atoms with Gasteiger partial charge in [-0.1, -0.05) is 133 Å². The summed E-state index contributed by atoms with van der Waals surface area (Å²) < 4.78 is 144. The summed E-state index contributed by atoms with van der Waals surface area (Å²) in [5, 5.41) is 14.9. The Bertz CT molecular complexity index is 4910. The molecule has 0 saturated carbocycles. The van der Waals surface area contributed by atoms with Crippen LogP contribution in [0.4, 0.5) is 39.5 Å². The molecule has 0 saturated heterocycles. The molecule has 0 fully saturated rings. The van der Waals surface area contributed by atoms with Crippen molar-refractivity contribution in [1.29, 1.82) is 5.26 Å². The highest BCUT2D eigenvalue weighted by molar-refractivity contribution is 7.00. The van der Waals surface area contributed by atoms with E-state index in [1.54, 1.807) is 24.3 Å². The minimum absolute atomic E-state index is 0.0373. The van der Waals surface area contributed by atoms with Crippen LogP contribution in [0.15, 0.2) is 170 Å². The predicted molar refractivity (Wildman–Crippen MR) is 297 cm³/mol. The van der Waals surface area contributed by atoms with Gasteiger partial charge in [0.1, 0.15) is 33.7 Å². The van der Waals surface area contributed by atoms with E-state index in [2.05, 4.69) is 17.5 Å². The lowest BCUT2D eigenvalue weighted by Gasteiger charge is -2.12. The van der Waals surface area contributed by atoms with Crippen LogP contribution in [-0.4, -0.2) is 27.5 Å². The number of fused-ring (bicyclic) bond motifs is 10. The summed E-state index contributed by atoms with van der Waals surface area (Å²) in [5.74, 6) is -17.2. The first-order valence-electron chi connectivity index (χ1n) is 24.5. The molecule has 7 nitrogen and oxygen atoms in total. The van der Waals surface area contributed by atoms with Crippen molar-refractivity contribution < 1.29 is 39.5 Å². The molecular formula is C63H28F9N7S2. The average Bonchev–Trinajstić information content (AvgIpc) is 4.23. The van der Waals surface area contributed by atoms with Crippen molar-refractivity contribution in [2.24, 2.45) is 0 Å². The molecular weight excluding hydrogens is 1090 g/mol. The molecule has 390 valence electrons. The van der Waals surface area contributed by atoms with Gasteiger partial charge < -0.3 is 0 Å². The quantitative estimate of drug-likeness (QED) is 0.0707. The zero-order chi connectivity index (χ0) is 55.8. The fourth-order valence-electron chi connectivity index (χ4n) is 10.2. The molecule has 10 aromatic carbocycles. The highest BCUT2D eigenvalue weighted by Gasteiger charge is 2.28. The van der Waals surface area contributed by atoms with Crippen LogP contribution in [0.2, 0.25) is 0 Å². The molecule has 0 atom stereocenters. The molecule has 0 radical (unpaired) electrons. The number of benzene rings is 10. The van der Waals surface area contributed by atoms with Crippen molar-refractivity contribution in [3.8, 4) is 73.1 Å². The minimum Gasteiger partial charge on any atom is -0.247 e. The fourth-order valence-corrected chi connectivity index (χ4v) is 11.3. The molecule has 0 bridgehead atoms. The second-order valence-corrected chi connectivity index (χ2v) is 19.6. The Morgan fingerprint density at radius 1 is 0.309 bits per heavy atom. The van der Waals surface area contributed by atoms with Crippen LogP contribution >= 0.6 is 23.5 Å². The van der Waals surface area contributed by atoms with Crippen molar-refractivity contribution >= 4 is 88.9 Å². The Labute approximate surface area is 459 Å². The fraction of sp³-hybridized carbons (Fsp3) is 0. The molecule has 4 heterocycles. The molecule has 0 N–H and O–H groups in total. The van der Waals surface area contributed by atoms with Crippen molar-refractivity contribution in [2.75, 3.05) is 0 Å². The molecule has 0 aliphatic heterocycles. The van der Waals surface area contributed by atoms with Gasteiger partial charge in [0.2, 0.25) is 5.82 Å². The number of hydrogen-bond donors (Lipinski definition) is 0. The van der Waals surface area contributed by atoms with E-state index in [1.165, 1.54) is 30.3 Å². The van der Waals surface area contributed by atoms with Crippen LogP contribution in [-0.2, 0) is 0 Å². The van der Waals surface area contributed by atoms with Crippen molar-refractivity contribution in [2.45, 2.75) is 0 Å². The van der Waals surface area contributed by atoms with Gasteiger partial charge in [0.15, 0.2) is 46.5 Å². The van der Waals surface area contributed by atoms with Crippen molar-refractivity contribution in [1.82, 2.24) is 27.5 Å². The largest absolute Gasteiger partial charge is 0.247 e. The zero-order valence-electron chi connectivity index (χ0n) is 41.0. The lowest BCUT2D eigenvalue weighted by molar-refractivity contribution is 0.381. The predicted octanol–water partition coefficient (Wildman–Crippen LogP) is 17.9. The summed E-state index contributed by atoms with van der Waals surface area (Å²) in [5.41, 5.74) is 8.41. The Hall–Kier alpha value is -9.96. The van der Waals surface area contributed by atoms with E-state index < -0.39 is 69.0 Å². The molecule has 0 aliphatic carbocycles. The summed E-state index contributed by atoms with van der Waals surface area (Å²) in [7, 11) is 0. The second kappa shape index (κ2) is 20.0. The summed E-state index contributed by atoms with van der Waals surface area (Å²) in [6.07, 6.45) is 0. The number of halogens is 9. The molecule has 81 heavy (non-hydrogen) atoms. The molecule has 4 aromatic heterocycles. The molecule has 14 aromatic rings. The smallest absolute Gasteiger partial charge is 0.200 e. The van der Waals surface area contributed by atoms with Crippen LogP contribution in [0.1, 0.15) is 5.56 Å². The standard InChI is InChI=1S/C32H14F4N4S.C31H14F5N3S/c33-27-22(15-37)25(28(34)30(36)29(27)35)17-8-6-16(7-9-17)19-10-11-20-24(14-19)38-31(18-4-2-1-3-5-18)21-12-13-23-32(26(20)21)40-41-39-23;32-25-23(26(33)28(35)29(36)27(25)34)16-8-6-15(7-9-16)18-10-11-19-22(14-18)37-30(17-4-2-1-3-5-17)20-12-13-21-31(24(19)20)39-40-38-21/h1-14H;1-14H. The minimum atomic E-state index is -2.19. The molecule has 18 heteroatoms. The Balaban J connectivity index is 0.000000153. The first-order chi connectivity index (χ1) is 39.4. The van der Waals surface area contributed by atoms with E-state index >= 15 is 0 Å². The third-order valence-electron chi connectivity index (χ3n) is 14.1. The van der Waals surface area contributed by atoms with Gasteiger partial charge in [0.25, 0.3) is 0 Å². The lowest BCUT2D eigenvalue weighted by Crippen LogP contribution is -2.03. The van der Waals surface area contributed by atoms with E-state index in [-0.39, 0.29) is 11.1 Å². The Kier molecular flexibility index (Phi) is 12.5. The van der Waals surface area contributed by atoms with Crippen LogP contribution in [0.3, 0.4) is 0 Å². The SMILES string of the molecule is Fc1c(F)c(F)c(-c2ccc(-c3ccc4c(c3)nc(-c3ccccc3)c3ccc5nsnc5c34)cc2)c(F)c1F.N#Cc1c(F)c(F)c(F)c(F)c1-c1ccc(-c2ccc3c(c2)nc(-c2ccccc2)c2ccc4nsnc4c23)cc1. The van der Waals surface area contributed by atoms with Gasteiger partial charge in [0.05, 0.1) is 51.4 Å². The maximum Gasteiger partial charge on any atom is 0.200 e. The van der Waals surface area contributed by atoms with Gasteiger partial charge in [-0.25, -0.2) is 49.5 Å². The van der Waals surface area contributed by atoms with Gasteiger partial charge in [-0.05, 0) is 69.8 Å². The third-order valence-corrected chi connectivity index (χ3v) is 15.1. The topological polar surface area (TPSA) is 101 Å². The van der Waals surface area contributed by atoms with Crippen LogP contribution in [0, 0.1) is 63.7 Å². The van der Waals surface area contributed by atoms with E-state index in [1.807, 2.05) is 121 Å². The average molecular weight is 1120 g/mol. The first kappa shape index (κ1) is 50.5. The van der Waals surface area contributed by atoms with Gasteiger partial charge in [-0.15, -0.1) is 0 Å². The summed E-state index contributed by atoms with van der Waals surface area (Å²) in [6, 6.07) is 52.4. The van der Waals surface area contributed by atoms with Gasteiger partial charge >= 0.3 is 0 Å². The molecule has 0 aliphatic rings. The highest BCUT2D eigenvalue weighted by atomic mass is 32.1. The van der Waals surface area contributed by atoms with Crippen molar-refractivity contribution in [3.05, 3.63) is 228 Å². The van der Waals surface area contributed by atoms with E-state index in [4.69, 9.17) is 9.97 Å². The van der Waals surface area contributed by atoms with Crippen molar-refractivity contribution in [3.63, 3.8) is 0 Å². The van der Waals surface area contributed by atoms with Gasteiger partial charge in [-0.2, -0.15) is 22.8 Å². The molecule has 0 amide bonds. The van der Waals surface area contributed by atoms with E-state index in [0.29, 0.717) is 16.6 Å². The van der Waals surface area contributed by atoms with E-state index in [9.17, 15) is 44.8 Å². The number of hydrogen-bond acceptors (Lipinski definition) is 9.